The van der Waals surface area contributed by atoms with Crippen molar-refractivity contribution < 1.29 is 8.42 Å². The van der Waals surface area contributed by atoms with E-state index in [4.69, 9.17) is 5.26 Å². The van der Waals surface area contributed by atoms with Crippen LogP contribution in [0.1, 0.15) is 11.3 Å². The lowest BCUT2D eigenvalue weighted by Gasteiger charge is -2.22. The van der Waals surface area contributed by atoms with E-state index in [0.717, 1.165) is 29.3 Å². The fraction of sp³-hybridized carbons (Fsp3) is 0.500. The standard InChI is InChI=1S/C10H12N2O2S3/c1-12(8-4-5-15-7-8)17(13,14)10-3-2-9(6-11)16-10/h2-3,8H,4-5,7H2,1H3. The van der Waals surface area contributed by atoms with Crippen LogP contribution in [0, 0.1) is 11.3 Å². The molecule has 1 aliphatic rings. The number of hydrogen-bond donors (Lipinski definition) is 0. The molecule has 1 aromatic rings. The molecular weight excluding hydrogens is 276 g/mol. The van der Waals surface area contributed by atoms with Gasteiger partial charge in [-0.15, -0.1) is 11.3 Å². The molecule has 0 aromatic carbocycles. The third-order valence-electron chi connectivity index (χ3n) is 2.74. The minimum absolute atomic E-state index is 0.0811. The smallest absolute Gasteiger partial charge is 0.206 e. The predicted molar refractivity (Wildman–Crippen MR) is 69.7 cm³/mol. The number of hydrogen-bond acceptors (Lipinski definition) is 5. The Hall–Kier alpha value is -0.550. The van der Waals surface area contributed by atoms with Gasteiger partial charge in [-0.1, -0.05) is 0 Å². The Morgan fingerprint density at radius 1 is 1.53 bits per heavy atom. The molecule has 0 radical (unpaired) electrons. The van der Waals surface area contributed by atoms with Crippen molar-refractivity contribution in [3.05, 3.63) is 17.0 Å². The van der Waals surface area contributed by atoms with Crippen LogP contribution in [0.15, 0.2) is 16.3 Å². The summed E-state index contributed by atoms with van der Waals surface area (Å²) in [5, 5.41) is 8.72. The molecule has 1 aromatic heterocycles. The lowest BCUT2D eigenvalue weighted by atomic mass is 10.3. The Labute approximate surface area is 109 Å². The quantitative estimate of drug-likeness (QED) is 0.850. The van der Waals surface area contributed by atoms with Crippen molar-refractivity contribution in [3.8, 4) is 6.07 Å². The summed E-state index contributed by atoms with van der Waals surface area (Å²) < 4.78 is 26.2. The van der Waals surface area contributed by atoms with Crippen LogP contribution in [-0.2, 0) is 10.0 Å². The van der Waals surface area contributed by atoms with Gasteiger partial charge in [0.15, 0.2) is 0 Å². The summed E-state index contributed by atoms with van der Waals surface area (Å²) in [4.78, 5) is 0.428. The Kier molecular flexibility index (Phi) is 3.78. The molecule has 92 valence electrons. The van der Waals surface area contributed by atoms with Crippen molar-refractivity contribution in [1.29, 1.82) is 5.26 Å². The monoisotopic (exact) mass is 288 g/mol. The van der Waals surface area contributed by atoms with E-state index in [2.05, 4.69) is 0 Å². The zero-order valence-electron chi connectivity index (χ0n) is 9.29. The van der Waals surface area contributed by atoms with Gasteiger partial charge in [0.05, 0.1) is 0 Å². The highest BCUT2D eigenvalue weighted by Crippen LogP contribution is 2.29. The van der Waals surface area contributed by atoms with Crippen LogP contribution in [-0.4, -0.2) is 37.3 Å². The van der Waals surface area contributed by atoms with Crippen molar-refractivity contribution in [1.82, 2.24) is 4.31 Å². The zero-order chi connectivity index (χ0) is 12.5. The van der Waals surface area contributed by atoms with E-state index in [1.54, 1.807) is 24.9 Å². The maximum Gasteiger partial charge on any atom is 0.252 e. The SMILES string of the molecule is CN(C1CCSC1)S(=O)(=O)c1ccc(C#N)s1. The van der Waals surface area contributed by atoms with Gasteiger partial charge >= 0.3 is 0 Å². The average Bonchev–Trinajstić information content (AvgIpc) is 2.98. The first kappa shape index (κ1) is 12.9. The first-order chi connectivity index (χ1) is 8.05. The lowest BCUT2D eigenvalue weighted by Crippen LogP contribution is -2.36. The topological polar surface area (TPSA) is 61.2 Å². The molecule has 1 saturated heterocycles. The van der Waals surface area contributed by atoms with E-state index < -0.39 is 10.0 Å². The van der Waals surface area contributed by atoms with Crippen LogP contribution in [0.3, 0.4) is 0 Å². The molecule has 0 bridgehead atoms. The maximum atomic E-state index is 12.3. The largest absolute Gasteiger partial charge is 0.252 e. The summed E-state index contributed by atoms with van der Waals surface area (Å²) in [5.41, 5.74) is 0. The van der Waals surface area contributed by atoms with Crippen LogP contribution in [0.4, 0.5) is 0 Å². The van der Waals surface area contributed by atoms with Crippen LogP contribution in [0.25, 0.3) is 0 Å². The second kappa shape index (κ2) is 4.98. The maximum absolute atomic E-state index is 12.3. The highest BCUT2D eigenvalue weighted by atomic mass is 32.2. The average molecular weight is 288 g/mol. The second-order valence-corrected chi connectivity index (χ2v) is 8.23. The molecule has 2 heterocycles. The first-order valence-electron chi connectivity index (χ1n) is 5.11. The van der Waals surface area contributed by atoms with Crippen molar-refractivity contribution in [3.63, 3.8) is 0 Å². The Bertz CT molecular complexity index is 538. The molecule has 1 unspecified atom stereocenters. The van der Waals surface area contributed by atoms with Crippen LogP contribution >= 0.6 is 23.1 Å². The summed E-state index contributed by atoms with van der Waals surface area (Å²) >= 11 is 2.81. The van der Waals surface area contributed by atoms with Crippen LogP contribution in [0.5, 0.6) is 0 Å². The lowest BCUT2D eigenvalue weighted by molar-refractivity contribution is 0.396. The summed E-state index contributed by atoms with van der Waals surface area (Å²) in [6.45, 7) is 0. The third kappa shape index (κ3) is 2.50. The normalized spacial score (nSPS) is 20.6. The van der Waals surface area contributed by atoms with Crippen LogP contribution in [0.2, 0.25) is 0 Å². The van der Waals surface area contributed by atoms with Crippen molar-refractivity contribution in [2.75, 3.05) is 18.6 Å². The number of thioether (sulfide) groups is 1. The number of nitriles is 1. The van der Waals surface area contributed by atoms with E-state index in [1.807, 2.05) is 6.07 Å². The number of nitrogens with zero attached hydrogens (tertiary/aromatic N) is 2. The van der Waals surface area contributed by atoms with Gasteiger partial charge in [-0.05, 0) is 24.3 Å². The first-order valence-corrected chi connectivity index (χ1v) is 8.52. The molecule has 0 aliphatic carbocycles. The molecule has 1 aliphatic heterocycles. The number of sulfonamides is 1. The van der Waals surface area contributed by atoms with Gasteiger partial charge in [-0.2, -0.15) is 21.3 Å². The van der Waals surface area contributed by atoms with Crippen molar-refractivity contribution >= 4 is 33.1 Å². The third-order valence-corrected chi connectivity index (χ3v) is 7.26. The Morgan fingerprint density at radius 3 is 2.82 bits per heavy atom. The van der Waals surface area contributed by atoms with Crippen molar-refractivity contribution in [2.45, 2.75) is 16.7 Å². The summed E-state index contributed by atoms with van der Waals surface area (Å²) in [7, 11) is -1.80. The molecule has 4 nitrogen and oxygen atoms in total. The molecule has 2 rings (SSSR count). The second-order valence-electron chi connectivity index (χ2n) is 3.77. The van der Waals surface area contributed by atoms with Crippen LogP contribution < -0.4 is 0 Å². The summed E-state index contributed by atoms with van der Waals surface area (Å²) in [6, 6.07) is 5.10. The minimum Gasteiger partial charge on any atom is -0.206 e. The molecule has 0 amide bonds. The van der Waals surface area contributed by atoms with E-state index in [9.17, 15) is 8.42 Å². The molecule has 7 heteroatoms. The van der Waals surface area contributed by atoms with E-state index in [1.165, 1.54) is 10.4 Å². The zero-order valence-corrected chi connectivity index (χ0v) is 11.7. The fourth-order valence-electron chi connectivity index (χ4n) is 1.67. The van der Waals surface area contributed by atoms with Gasteiger partial charge in [-0.25, -0.2) is 8.42 Å². The predicted octanol–water partition coefficient (Wildman–Crippen LogP) is 1.75. The van der Waals surface area contributed by atoms with E-state index in [0.29, 0.717) is 4.88 Å². The minimum atomic E-state index is -3.42. The van der Waals surface area contributed by atoms with Crippen molar-refractivity contribution in [2.24, 2.45) is 0 Å². The summed E-state index contributed by atoms with van der Waals surface area (Å²) in [6.07, 6.45) is 0.900. The van der Waals surface area contributed by atoms with Gasteiger partial charge < -0.3 is 0 Å². The molecule has 1 fully saturated rings. The number of rotatable bonds is 3. The van der Waals surface area contributed by atoms with E-state index in [-0.39, 0.29) is 10.3 Å². The molecular formula is C10H12N2O2S3. The Morgan fingerprint density at radius 2 is 2.29 bits per heavy atom. The van der Waals surface area contributed by atoms with Gasteiger partial charge in [0.2, 0.25) is 0 Å². The highest BCUT2D eigenvalue weighted by Gasteiger charge is 2.31. The molecule has 0 saturated carbocycles. The molecule has 0 N–H and O–H groups in total. The summed E-state index contributed by atoms with van der Waals surface area (Å²) in [5.74, 6) is 1.87. The molecule has 17 heavy (non-hydrogen) atoms. The van der Waals surface area contributed by atoms with E-state index >= 15 is 0 Å². The molecule has 1 atom stereocenters. The van der Waals surface area contributed by atoms with Gasteiger partial charge in [0.1, 0.15) is 15.2 Å². The Balaban J connectivity index is 2.26. The molecule has 0 spiro atoms. The van der Waals surface area contributed by atoms with Gasteiger partial charge in [0.25, 0.3) is 10.0 Å². The van der Waals surface area contributed by atoms with Gasteiger partial charge in [0, 0.05) is 18.8 Å². The highest BCUT2D eigenvalue weighted by molar-refractivity contribution is 7.99. The number of thiophene rings is 1. The fourth-order valence-corrected chi connectivity index (χ4v) is 5.70. The van der Waals surface area contributed by atoms with Gasteiger partial charge in [-0.3, -0.25) is 0 Å².